The summed E-state index contributed by atoms with van der Waals surface area (Å²) in [7, 11) is 0. The van der Waals surface area contributed by atoms with Gasteiger partial charge < -0.3 is 4.90 Å². The Balaban J connectivity index is 1.37. The van der Waals surface area contributed by atoms with Gasteiger partial charge in [0.05, 0.1) is 0 Å². The van der Waals surface area contributed by atoms with Crippen molar-refractivity contribution in [2.24, 2.45) is 0 Å². The number of nitrogens with zero attached hydrogens (tertiary/aromatic N) is 2. The minimum Gasteiger partial charge on any atom is -0.336 e. The van der Waals surface area contributed by atoms with Crippen molar-refractivity contribution >= 4 is 11.7 Å². The van der Waals surface area contributed by atoms with Crippen LogP contribution in [0, 0.1) is 0 Å². The van der Waals surface area contributed by atoms with Crippen LogP contribution in [0.1, 0.15) is 45.2 Å². The van der Waals surface area contributed by atoms with Gasteiger partial charge in [-0.1, -0.05) is 36.4 Å². The highest BCUT2D eigenvalue weighted by Crippen LogP contribution is 2.25. The van der Waals surface area contributed by atoms with Crippen LogP contribution in [-0.4, -0.2) is 53.7 Å². The normalized spacial score (nSPS) is 20.2. The minimum absolute atomic E-state index is 0.00736. The van der Waals surface area contributed by atoms with Crippen LogP contribution < -0.4 is 0 Å². The van der Waals surface area contributed by atoms with Gasteiger partial charge in [-0.2, -0.15) is 0 Å². The summed E-state index contributed by atoms with van der Waals surface area (Å²) in [5.74, 6) is 0.0267. The van der Waals surface area contributed by atoms with E-state index >= 15 is 0 Å². The van der Waals surface area contributed by atoms with Gasteiger partial charge in [-0.25, -0.2) is 0 Å². The number of piperazine rings is 1. The fraction of sp³-hybridized carbons (Fsp3) is 0.391. The van der Waals surface area contributed by atoms with Gasteiger partial charge in [-0.05, 0) is 49.4 Å². The molecular weight excluding hydrogens is 336 g/mol. The average Bonchev–Trinajstić information content (AvgIpc) is 2.73. The molecule has 140 valence electrons. The maximum atomic E-state index is 12.8. The molecule has 4 nitrogen and oxygen atoms in total. The summed E-state index contributed by atoms with van der Waals surface area (Å²) in [6, 6.07) is 16.4. The number of ketones is 1. The Morgan fingerprint density at radius 3 is 2.33 bits per heavy atom. The number of carbonyl (C=O) groups excluding carboxylic acids is 2. The number of carbonyl (C=O) groups is 2. The summed E-state index contributed by atoms with van der Waals surface area (Å²) < 4.78 is 0. The fourth-order valence-electron chi connectivity index (χ4n) is 4.33. The van der Waals surface area contributed by atoms with E-state index in [1.165, 1.54) is 24.5 Å². The smallest absolute Gasteiger partial charge is 0.253 e. The number of aryl methyl sites for hydroxylation is 1. The molecule has 2 aliphatic rings. The molecule has 1 amide bonds. The van der Waals surface area contributed by atoms with Crippen LogP contribution in [-0.2, 0) is 12.8 Å². The average molecular weight is 362 g/mol. The van der Waals surface area contributed by atoms with Crippen molar-refractivity contribution < 1.29 is 9.59 Å². The maximum Gasteiger partial charge on any atom is 0.253 e. The van der Waals surface area contributed by atoms with Gasteiger partial charge >= 0.3 is 0 Å². The fourth-order valence-corrected chi connectivity index (χ4v) is 4.33. The number of benzene rings is 2. The van der Waals surface area contributed by atoms with E-state index < -0.39 is 0 Å². The van der Waals surface area contributed by atoms with Gasteiger partial charge in [0.2, 0.25) is 0 Å². The van der Waals surface area contributed by atoms with Crippen LogP contribution in [0.25, 0.3) is 0 Å². The molecule has 1 saturated heterocycles. The third-order valence-corrected chi connectivity index (χ3v) is 5.95. The third-order valence-electron chi connectivity index (χ3n) is 5.95. The molecule has 1 aliphatic heterocycles. The largest absolute Gasteiger partial charge is 0.336 e. The van der Waals surface area contributed by atoms with E-state index in [0.717, 1.165) is 39.0 Å². The number of fused-ring (bicyclic) bond motifs is 1. The van der Waals surface area contributed by atoms with Gasteiger partial charge in [-0.15, -0.1) is 0 Å². The second-order valence-electron chi connectivity index (χ2n) is 7.63. The number of hydrogen-bond acceptors (Lipinski definition) is 3. The van der Waals surface area contributed by atoms with Crippen molar-refractivity contribution in [2.75, 3.05) is 26.2 Å². The summed E-state index contributed by atoms with van der Waals surface area (Å²) >= 11 is 0. The molecule has 0 aromatic heterocycles. The Morgan fingerprint density at radius 2 is 1.59 bits per heavy atom. The number of Topliss-reactive ketones (excluding diaryl/α,β-unsaturated/α-hetero) is 1. The van der Waals surface area contributed by atoms with Crippen LogP contribution in [0.15, 0.2) is 48.5 Å². The Kier molecular flexibility index (Phi) is 5.08. The molecule has 1 fully saturated rings. The van der Waals surface area contributed by atoms with Crippen molar-refractivity contribution in [1.29, 1.82) is 0 Å². The number of hydrogen-bond donors (Lipinski definition) is 0. The summed E-state index contributed by atoms with van der Waals surface area (Å²) in [5, 5.41) is 0. The molecule has 27 heavy (non-hydrogen) atoms. The van der Waals surface area contributed by atoms with Crippen LogP contribution in [0.2, 0.25) is 0 Å². The molecule has 2 aromatic carbocycles. The van der Waals surface area contributed by atoms with E-state index in [-0.39, 0.29) is 11.7 Å². The van der Waals surface area contributed by atoms with Crippen molar-refractivity contribution in [3.63, 3.8) is 0 Å². The lowest BCUT2D eigenvalue weighted by Gasteiger charge is -2.41. The predicted molar refractivity (Wildman–Crippen MR) is 106 cm³/mol. The van der Waals surface area contributed by atoms with E-state index in [1.54, 1.807) is 24.3 Å². The zero-order valence-electron chi connectivity index (χ0n) is 15.9. The number of rotatable bonds is 3. The van der Waals surface area contributed by atoms with Crippen LogP contribution in [0.4, 0.5) is 0 Å². The van der Waals surface area contributed by atoms with E-state index in [9.17, 15) is 9.59 Å². The van der Waals surface area contributed by atoms with Gasteiger partial charge in [0.1, 0.15) is 0 Å². The van der Waals surface area contributed by atoms with Crippen molar-refractivity contribution in [3.8, 4) is 0 Å². The minimum atomic E-state index is -0.00736. The second-order valence-corrected chi connectivity index (χ2v) is 7.63. The molecule has 4 rings (SSSR count). The first-order valence-corrected chi connectivity index (χ1v) is 9.83. The molecule has 0 saturated carbocycles. The molecule has 0 bridgehead atoms. The standard InChI is InChI=1S/C23H26N2O2/c1-17(26)19-7-4-8-21(15-19)23(27)25-13-11-24(12-14-25)22-10-9-18-5-2-3-6-20(18)16-22/h2-8,15,22H,9-14,16H2,1H3/t22-/m1/s1. The first-order chi connectivity index (χ1) is 13.1. The molecule has 4 heteroatoms. The van der Waals surface area contributed by atoms with Crippen LogP contribution in [0.3, 0.4) is 0 Å². The molecule has 1 atom stereocenters. The van der Waals surface area contributed by atoms with E-state index in [2.05, 4.69) is 29.2 Å². The number of amides is 1. The summed E-state index contributed by atoms with van der Waals surface area (Å²) in [6.45, 7) is 4.88. The van der Waals surface area contributed by atoms with E-state index in [4.69, 9.17) is 0 Å². The van der Waals surface area contributed by atoms with Crippen molar-refractivity contribution in [1.82, 2.24) is 9.80 Å². The lowest BCUT2D eigenvalue weighted by atomic mass is 9.87. The Labute approximate surface area is 160 Å². The van der Waals surface area contributed by atoms with Gasteiger partial charge in [0, 0.05) is 43.3 Å². The molecule has 0 unspecified atom stereocenters. The maximum absolute atomic E-state index is 12.8. The summed E-state index contributed by atoms with van der Waals surface area (Å²) in [6.07, 6.45) is 3.47. The van der Waals surface area contributed by atoms with Crippen LogP contribution >= 0.6 is 0 Å². The Morgan fingerprint density at radius 1 is 0.889 bits per heavy atom. The zero-order valence-corrected chi connectivity index (χ0v) is 15.9. The quantitative estimate of drug-likeness (QED) is 0.788. The topological polar surface area (TPSA) is 40.6 Å². The van der Waals surface area contributed by atoms with Gasteiger partial charge in [0.25, 0.3) is 5.91 Å². The first kappa shape index (κ1) is 17.9. The molecule has 1 aliphatic carbocycles. The van der Waals surface area contributed by atoms with Gasteiger partial charge in [0.15, 0.2) is 5.78 Å². The molecule has 1 heterocycles. The third kappa shape index (κ3) is 3.81. The monoisotopic (exact) mass is 362 g/mol. The highest BCUT2D eigenvalue weighted by Gasteiger charge is 2.29. The van der Waals surface area contributed by atoms with E-state index in [0.29, 0.717) is 17.2 Å². The van der Waals surface area contributed by atoms with Crippen LogP contribution in [0.5, 0.6) is 0 Å². The molecule has 0 radical (unpaired) electrons. The molecule has 0 spiro atoms. The molecular formula is C23H26N2O2. The lowest BCUT2D eigenvalue weighted by molar-refractivity contribution is 0.0553. The van der Waals surface area contributed by atoms with Crippen molar-refractivity contribution in [3.05, 3.63) is 70.8 Å². The molecule has 2 aromatic rings. The summed E-state index contributed by atoms with van der Waals surface area (Å²) in [4.78, 5) is 28.9. The first-order valence-electron chi connectivity index (χ1n) is 9.83. The Hall–Kier alpha value is -2.46. The van der Waals surface area contributed by atoms with Gasteiger partial charge in [-0.3, -0.25) is 14.5 Å². The lowest BCUT2D eigenvalue weighted by Crippen LogP contribution is -2.53. The highest BCUT2D eigenvalue weighted by atomic mass is 16.2. The van der Waals surface area contributed by atoms with Crippen molar-refractivity contribution in [2.45, 2.75) is 32.2 Å². The zero-order chi connectivity index (χ0) is 18.8. The SMILES string of the molecule is CC(=O)c1cccc(C(=O)N2CCN([C@@H]3CCc4ccccc4C3)CC2)c1. The molecule has 0 N–H and O–H groups in total. The Bertz CT molecular complexity index is 853. The summed E-state index contributed by atoms with van der Waals surface area (Å²) in [5.41, 5.74) is 4.18. The van der Waals surface area contributed by atoms with E-state index in [1.807, 2.05) is 4.90 Å². The predicted octanol–water partition coefficient (Wildman–Crippen LogP) is 3.20. The highest BCUT2D eigenvalue weighted by molar-refractivity contribution is 5.99. The second kappa shape index (κ2) is 7.65.